The topological polar surface area (TPSA) is 141 Å². The summed E-state index contributed by atoms with van der Waals surface area (Å²) in [6.07, 6.45) is 1.51. The molecule has 0 unspecified atom stereocenters. The maximum Gasteiger partial charge on any atom is 0.272 e. The van der Waals surface area contributed by atoms with E-state index < -0.39 is 11.8 Å². The monoisotopic (exact) mass is 602 g/mol. The fourth-order valence-corrected chi connectivity index (χ4v) is 4.66. The number of anilines is 2. The number of carbonyl (C=O) groups excluding carboxylic acids is 3. The molecule has 0 aliphatic carbocycles. The molecule has 4 aromatic rings. The van der Waals surface area contributed by atoms with Gasteiger partial charge in [0.15, 0.2) is 17.3 Å². The molecule has 1 aromatic heterocycles. The number of ether oxygens (including phenoxy) is 3. The van der Waals surface area contributed by atoms with Crippen LogP contribution in [-0.4, -0.2) is 50.0 Å². The second-order valence-electron chi connectivity index (χ2n) is 8.98. The van der Waals surface area contributed by atoms with Gasteiger partial charge in [0, 0.05) is 22.2 Å². The molecule has 0 radical (unpaired) electrons. The maximum absolute atomic E-state index is 13.5. The lowest BCUT2D eigenvalue weighted by Gasteiger charge is -2.15. The van der Waals surface area contributed by atoms with E-state index in [0.717, 1.165) is 4.90 Å². The zero-order valence-electron chi connectivity index (χ0n) is 23.9. The van der Waals surface area contributed by atoms with Gasteiger partial charge in [-0.05, 0) is 61.0 Å². The van der Waals surface area contributed by atoms with E-state index in [2.05, 4.69) is 21.1 Å². The van der Waals surface area contributed by atoms with Gasteiger partial charge in [-0.3, -0.25) is 14.4 Å². The smallest absolute Gasteiger partial charge is 0.272 e. The van der Waals surface area contributed by atoms with Gasteiger partial charge in [-0.2, -0.15) is 0 Å². The number of nitrogens with zero attached hydrogens (tertiary/aromatic N) is 1. The molecule has 0 saturated carbocycles. The maximum atomic E-state index is 13.5. The van der Waals surface area contributed by atoms with E-state index in [9.17, 15) is 14.4 Å². The molecule has 4 rings (SSSR count). The Morgan fingerprint density at radius 1 is 0.884 bits per heavy atom. The van der Waals surface area contributed by atoms with Crippen molar-refractivity contribution in [2.45, 2.75) is 11.8 Å². The first-order chi connectivity index (χ1) is 20.8. The number of aryl methyl sites for hydroxylation is 1. The summed E-state index contributed by atoms with van der Waals surface area (Å²) in [5.74, 6) is 0.907. The quantitative estimate of drug-likeness (QED) is 0.148. The highest BCUT2D eigenvalue weighted by Gasteiger charge is 2.18. The number of aromatic nitrogens is 1. The van der Waals surface area contributed by atoms with Crippen LogP contribution >= 0.6 is 11.8 Å². The first kappa shape index (κ1) is 30.7. The number of hydrogen-bond acceptors (Lipinski definition) is 9. The average Bonchev–Trinajstić information content (AvgIpc) is 3.43. The van der Waals surface area contributed by atoms with Crippen molar-refractivity contribution in [1.82, 2.24) is 10.5 Å². The molecule has 0 bridgehead atoms. The lowest BCUT2D eigenvalue weighted by atomic mass is 10.1. The summed E-state index contributed by atoms with van der Waals surface area (Å²) < 4.78 is 21.2. The van der Waals surface area contributed by atoms with Gasteiger partial charge in [-0.15, -0.1) is 11.8 Å². The molecule has 1 heterocycles. The Labute approximate surface area is 252 Å². The third-order valence-corrected chi connectivity index (χ3v) is 6.88. The Morgan fingerprint density at radius 2 is 1.60 bits per heavy atom. The molecular formula is C31H30N4O7S. The minimum Gasteiger partial charge on any atom is -0.493 e. The lowest BCUT2D eigenvalue weighted by Crippen LogP contribution is -2.30. The Bertz CT molecular complexity index is 1610. The van der Waals surface area contributed by atoms with Crippen molar-refractivity contribution in [1.29, 1.82) is 0 Å². The van der Waals surface area contributed by atoms with Crippen LogP contribution in [0.2, 0.25) is 0 Å². The van der Waals surface area contributed by atoms with Crippen LogP contribution in [0.4, 0.5) is 11.5 Å². The van der Waals surface area contributed by atoms with Crippen molar-refractivity contribution < 1.29 is 33.1 Å². The van der Waals surface area contributed by atoms with E-state index in [-0.39, 0.29) is 17.4 Å². The fraction of sp³-hybridized carbons (Fsp3) is 0.161. The van der Waals surface area contributed by atoms with E-state index in [0.29, 0.717) is 45.6 Å². The average molecular weight is 603 g/mol. The van der Waals surface area contributed by atoms with E-state index in [1.807, 2.05) is 6.07 Å². The second-order valence-corrected chi connectivity index (χ2v) is 10.0. The summed E-state index contributed by atoms with van der Waals surface area (Å²) >= 11 is 1.28. The normalized spacial score (nSPS) is 10.9. The minimum absolute atomic E-state index is 0.0246. The van der Waals surface area contributed by atoms with E-state index in [1.165, 1.54) is 39.2 Å². The van der Waals surface area contributed by atoms with Crippen LogP contribution in [-0.2, 0) is 9.59 Å². The summed E-state index contributed by atoms with van der Waals surface area (Å²) in [5, 5.41) is 12.0. The van der Waals surface area contributed by atoms with E-state index in [1.54, 1.807) is 73.7 Å². The zero-order chi connectivity index (χ0) is 30.8. The van der Waals surface area contributed by atoms with Crippen LogP contribution in [0, 0.1) is 6.92 Å². The first-order valence-corrected chi connectivity index (χ1v) is 13.9. The number of amides is 3. The predicted octanol–water partition coefficient (Wildman–Crippen LogP) is 5.15. The number of carbonyl (C=O) groups is 3. The van der Waals surface area contributed by atoms with Crippen LogP contribution < -0.4 is 30.2 Å². The van der Waals surface area contributed by atoms with Gasteiger partial charge in [0.1, 0.15) is 11.5 Å². The minimum atomic E-state index is -0.570. The molecule has 12 heteroatoms. The molecule has 0 saturated heterocycles. The van der Waals surface area contributed by atoms with Gasteiger partial charge in [0.05, 0.1) is 27.1 Å². The Kier molecular flexibility index (Phi) is 10.4. The van der Waals surface area contributed by atoms with E-state index >= 15 is 0 Å². The van der Waals surface area contributed by atoms with Crippen molar-refractivity contribution in [3.63, 3.8) is 0 Å². The highest BCUT2D eigenvalue weighted by Crippen LogP contribution is 2.38. The Balaban J connectivity index is 1.55. The van der Waals surface area contributed by atoms with E-state index in [4.69, 9.17) is 18.7 Å². The molecule has 0 atom stereocenters. The molecule has 11 nitrogen and oxygen atoms in total. The van der Waals surface area contributed by atoms with Gasteiger partial charge < -0.3 is 34.7 Å². The van der Waals surface area contributed by atoms with Crippen LogP contribution in [0.3, 0.4) is 0 Å². The van der Waals surface area contributed by atoms with Crippen LogP contribution in [0.1, 0.15) is 21.7 Å². The molecular weight excluding hydrogens is 572 g/mol. The predicted molar refractivity (Wildman–Crippen MR) is 164 cm³/mol. The molecule has 0 aliphatic rings. The molecule has 43 heavy (non-hydrogen) atoms. The molecule has 0 aliphatic heterocycles. The van der Waals surface area contributed by atoms with Gasteiger partial charge >= 0.3 is 0 Å². The van der Waals surface area contributed by atoms with Gasteiger partial charge in [-0.25, -0.2) is 0 Å². The van der Waals surface area contributed by atoms with Crippen LogP contribution in [0.5, 0.6) is 17.2 Å². The third-order valence-electron chi connectivity index (χ3n) is 5.88. The number of methoxy groups -OCH3 is 3. The van der Waals surface area contributed by atoms with Crippen molar-refractivity contribution in [2.24, 2.45) is 0 Å². The summed E-state index contributed by atoms with van der Waals surface area (Å²) in [5.41, 5.74) is 1.34. The second kappa shape index (κ2) is 14.6. The van der Waals surface area contributed by atoms with Crippen molar-refractivity contribution >= 4 is 47.1 Å². The fourth-order valence-electron chi connectivity index (χ4n) is 3.91. The molecule has 0 spiro atoms. The van der Waals surface area contributed by atoms with Crippen LogP contribution in [0.25, 0.3) is 6.08 Å². The van der Waals surface area contributed by atoms with Gasteiger partial charge in [0.25, 0.3) is 11.8 Å². The molecule has 3 aromatic carbocycles. The highest BCUT2D eigenvalue weighted by atomic mass is 32.2. The zero-order valence-corrected chi connectivity index (χ0v) is 24.7. The lowest BCUT2D eigenvalue weighted by molar-refractivity contribution is -0.114. The van der Waals surface area contributed by atoms with Crippen molar-refractivity contribution in [3.8, 4) is 17.2 Å². The third kappa shape index (κ3) is 8.39. The summed E-state index contributed by atoms with van der Waals surface area (Å²) in [7, 11) is 4.46. The molecule has 3 amide bonds. The summed E-state index contributed by atoms with van der Waals surface area (Å²) in [6.45, 7) is 1.73. The number of rotatable bonds is 12. The van der Waals surface area contributed by atoms with Crippen LogP contribution in [0.15, 0.2) is 87.9 Å². The Hall–Kier alpha value is -5.23. The summed E-state index contributed by atoms with van der Waals surface area (Å²) in [4.78, 5) is 39.6. The largest absolute Gasteiger partial charge is 0.493 e. The standard InChI is InChI=1S/C31H30N4O7S/c1-19-13-27(35-42-19)34-28(36)18-43-23-12-8-11-22(17-23)32-31(38)24(33-30(37)21-9-6-5-7-10-21)14-20-15-25(39-2)29(41-4)26(16-20)40-3/h5-17H,18H2,1-4H3,(H,32,38)(H,33,37)(H,34,35,36)/b24-14+. The highest BCUT2D eigenvalue weighted by molar-refractivity contribution is 8.00. The molecule has 0 fully saturated rings. The SMILES string of the molecule is COc1cc(/C=C(/NC(=O)c2ccccc2)C(=O)Nc2cccc(SCC(=O)Nc3cc(C)on3)c2)cc(OC)c1OC. The molecule has 3 N–H and O–H groups in total. The Morgan fingerprint density at radius 3 is 2.23 bits per heavy atom. The first-order valence-electron chi connectivity index (χ1n) is 12.9. The summed E-state index contributed by atoms with van der Waals surface area (Å²) in [6, 6.07) is 20.5. The van der Waals surface area contributed by atoms with Gasteiger partial charge in [-0.1, -0.05) is 29.4 Å². The van der Waals surface area contributed by atoms with Gasteiger partial charge in [0.2, 0.25) is 11.7 Å². The number of benzene rings is 3. The molecule has 222 valence electrons. The van der Waals surface area contributed by atoms with Crippen molar-refractivity contribution in [3.05, 3.63) is 95.4 Å². The number of hydrogen-bond donors (Lipinski definition) is 3. The number of thioether (sulfide) groups is 1. The number of nitrogens with one attached hydrogen (secondary N) is 3. The van der Waals surface area contributed by atoms with Crippen molar-refractivity contribution in [2.75, 3.05) is 37.7 Å².